The third-order valence-corrected chi connectivity index (χ3v) is 5.31. The first kappa shape index (κ1) is 15.6. The highest BCUT2D eigenvalue weighted by atomic mass is 32.1. The number of nitrogens with zero attached hydrogens (tertiary/aromatic N) is 2. The van der Waals surface area contributed by atoms with Crippen LogP contribution >= 0.6 is 11.3 Å². The van der Waals surface area contributed by atoms with Gasteiger partial charge in [0.25, 0.3) is 11.8 Å². The van der Waals surface area contributed by atoms with Crippen LogP contribution in [0.5, 0.6) is 0 Å². The summed E-state index contributed by atoms with van der Waals surface area (Å²) in [5.41, 5.74) is 6.23. The van der Waals surface area contributed by atoms with Crippen molar-refractivity contribution in [3.63, 3.8) is 0 Å². The van der Waals surface area contributed by atoms with Gasteiger partial charge in [-0.05, 0) is 36.8 Å². The molecule has 0 bridgehead atoms. The fourth-order valence-corrected chi connectivity index (χ4v) is 3.82. The Hall–Kier alpha value is -2.28. The molecule has 2 aromatic rings. The van der Waals surface area contributed by atoms with Crippen molar-refractivity contribution in [1.29, 1.82) is 0 Å². The SMILES string of the molecule is CCC1CCc2sc(C(=O)NNC(=O)c3cnccn3)cc2C1. The summed E-state index contributed by atoms with van der Waals surface area (Å²) in [5.74, 6) is -0.0714. The molecule has 1 unspecified atom stereocenters. The molecule has 2 heterocycles. The number of fused-ring (bicyclic) bond motifs is 1. The normalized spacial score (nSPS) is 16.5. The lowest BCUT2D eigenvalue weighted by atomic mass is 9.87. The lowest BCUT2D eigenvalue weighted by Crippen LogP contribution is -2.41. The number of aromatic nitrogens is 2. The average molecular weight is 330 g/mol. The fraction of sp³-hybridized carbons (Fsp3) is 0.375. The first-order valence-corrected chi connectivity index (χ1v) is 8.47. The second-order valence-electron chi connectivity index (χ2n) is 5.58. The minimum Gasteiger partial charge on any atom is -0.266 e. The van der Waals surface area contributed by atoms with Crippen LogP contribution in [0, 0.1) is 5.92 Å². The van der Waals surface area contributed by atoms with E-state index in [2.05, 4.69) is 27.7 Å². The molecule has 0 aromatic carbocycles. The standard InChI is InChI=1S/C16H18N4O2S/c1-2-10-3-4-13-11(7-10)8-14(23-13)16(22)20-19-15(21)12-9-17-5-6-18-12/h5-6,8-10H,2-4,7H2,1H3,(H,19,21)(H,20,22). The first-order valence-electron chi connectivity index (χ1n) is 7.65. The maximum atomic E-state index is 12.2. The summed E-state index contributed by atoms with van der Waals surface area (Å²) < 4.78 is 0. The van der Waals surface area contributed by atoms with Crippen molar-refractivity contribution in [3.8, 4) is 0 Å². The summed E-state index contributed by atoms with van der Waals surface area (Å²) in [6.07, 6.45) is 8.69. The third-order valence-electron chi connectivity index (χ3n) is 4.07. The van der Waals surface area contributed by atoms with Crippen LogP contribution in [-0.4, -0.2) is 21.8 Å². The molecule has 3 rings (SSSR count). The average Bonchev–Trinajstić information content (AvgIpc) is 3.03. The molecule has 6 nitrogen and oxygen atoms in total. The van der Waals surface area contributed by atoms with E-state index in [0.29, 0.717) is 10.8 Å². The van der Waals surface area contributed by atoms with Gasteiger partial charge in [0.15, 0.2) is 0 Å². The number of hydrogen-bond acceptors (Lipinski definition) is 5. The Morgan fingerprint density at radius 3 is 2.87 bits per heavy atom. The lowest BCUT2D eigenvalue weighted by Gasteiger charge is -2.19. The van der Waals surface area contributed by atoms with Gasteiger partial charge in [0.1, 0.15) is 5.69 Å². The lowest BCUT2D eigenvalue weighted by molar-refractivity contribution is 0.0846. The number of thiophene rings is 1. The molecule has 1 aliphatic rings. The molecule has 0 saturated carbocycles. The molecule has 120 valence electrons. The van der Waals surface area contributed by atoms with E-state index in [0.717, 1.165) is 12.8 Å². The van der Waals surface area contributed by atoms with Crippen molar-refractivity contribution in [3.05, 3.63) is 45.7 Å². The highest BCUT2D eigenvalue weighted by Crippen LogP contribution is 2.33. The van der Waals surface area contributed by atoms with Crippen molar-refractivity contribution in [2.45, 2.75) is 32.6 Å². The van der Waals surface area contributed by atoms with Gasteiger partial charge in [-0.2, -0.15) is 0 Å². The summed E-state index contributed by atoms with van der Waals surface area (Å²) in [5, 5.41) is 0. The van der Waals surface area contributed by atoms with E-state index in [1.807, 2.05) is 6.07 Å². The van der Waals surface area contributed by atoms with Gasteiger partial charge >= 0.3 is 0 Å². The van der Waals surface area contributed by atoms with E-state index in [4.69, 9.17) is 0 Å². The van der Waals surface area contributed by atoms with Crippen LogP contribution in [-0.2, 0) is 12.8 Å². The largest absolute Gasteiger partial charge is 0.289 e. The predicted octanol–water partition coefficient (Wildman–Crippen LogP) is 2.13. The summed E-state index contributed by atoms with van der Waals surface area (Å²) in [6.45, 7) is 2.21. The minimum absolute atomic E-state index is 0.157. The molecule has 0 aliphatic heterocycles. The highest BCUT2D eigenvalue weighted by Gasteiger charge is 2.22. The number of amides is 2. The number of hydrogen-bond donors (Lipinski definition) is 2. The zero-order chi connectivity index (χ0) is 16.2. The van der Waals surface area contributed by atoms with E-state index in [-0.39, 0.29) is 11.6 Å². The molecule has 0 saturated heterocycles. The number of aryl methyl sites for hydroxylation is 1. The summed E-state index contributed by atoms with van der Waals surface area (Å²) in [7, 11) is 0. The van der Waals surface area contributed by atoms with Crippen LogP contribution in [0.2, 0.25) is 0 Å². The number of carbonyl (C=O) groups is 2. The number of nitrogens with one attached hydrogen (secondary N) is 2. The quantitative estimate of drug-likeness (QED) is 0.845. The summed E-state index contributed by atoms with van der Waals surface area (Å²) >= 11 is 1.51. The molecular weight excluding hydrogens is 312 g/mol. The smallest absolute Gasteiger partial charge is 0.266 e. The van der Waals surface area contributed by atoms with Gasteiger partial charge in [-0.25, -0.2) is 4.98 Å². The Kier molecular flexibility index (Phi) is 4.66. The monoisotopic (exact) mass is 330 g/mol. The topological polar surface area (TPSA) is 84.0 Å². The minimum atomic E-state index is -0.487. The van der Waals surface area contributed by atoms with Gasteiger partial charge in [-0.15, -0.1) is 11.3 Å². The highest BCUT2D eigenvalue weighted by molar-refractivity contribution is 7.14. The third kappa shape index (κ3) is 3.56. The maximum absolute atomic E-state index is 12.2. The molecule has 7 heteroatoms. The number of rotatable bonds is 3. The zero-order valence-corrected chi connectivity index (χ0v) is 13.7. The second-order valence-corrected chi connectivity index (χ2v) is 6.71. The van der Waals surface area contributed by atoms with Crippen LogP contribution in [0.3, 0.4) is 0 Å². The van der Waals surface area contributed by atoms with Gasteiger partial charge in [-0.3, -0.25) is 25.4 Å². The predicted molar refractivity (Wildman–Crippen MR) is 87.1 cm³/mol. The Morgan fingerprint density at radius 2 is 2.13 bits per heavy atom. The molecule has 2 amide bonds. The van der Waals surface area contributed by atoms with Crippen LogP contribution in [0.15, 0.2) is 24.7 Å². The van der Waals surface area contributed by atoms with E-state index < -0.39 is 5.91 Å². The van der Waals surface area contributed by atoms with Gasteiger partial charge in [0.2, 0.25) is 0 Å². The van der Waals surface area contributed by atoms with Crippen molar-refractivity contribution in [2.75, 3.05) is 0 Å². The number of carbonyl (C=O) groups excluding carboxylic acids is 2. The zero-order valence-electron chi connectivity index (χ0n) is 12.8. The summed E-state index contributed by atoms with van der Waals surface area (Å²) in [4.78, 5) is 33.6. The first-order chi connectivity index (χ1) is 11.2. The van der Waals surface area contributed by atoms with Gasteiger partial charge < -0.3 is 0 Å². The van der Waals surface area contributed by atoms with Crippen molar-refractivity contribution in [1.82, 2.24) is 20.8 Å². The Labute approximate surface area is 138 Å². The molecule has 2 N–H and O–H groups in total. The summed E-state index contributed by atoms with van der Waals surface area (Å²) in [6, 6.07) is 1.95. The molecule has 23 heavy (non-hydrogen) atoms. The molecule has 1 aliphatic carbocycles. The molecule has 0 spiro atoms. The molecule has 0 fully saturated rings. The molecule has 1 atom stereocenters. The Bertz CT molecular complexity index is 714. The van der Waals surface area contributed by atoms with E-state index in [9.17, 15) is 9.59 Å². The van der Waals surface area contributed by atoms with E-state index >= 15 is 0 Å². The van der Waals surface area contributed by atoms with Gasteiger partial charge in [-0.1, -0.05) is 13.3 Å². The van der Waals surface area contributed by atoms with Crippen molar-refractivity contribution in [2.24, 2.45) is 5.92 Å². The second kappa shape index (κ2) is 6.87. The van der Waals surface area contributed by atoms with E-state index in [1.54, 1.807) is 0 Å². The Balaban J connectivity index is 1.61. The van der Waals surface area contributed by atoms with Crippen molar-refractivity contribution < 1.29 is 9.59 Å². The molecule has 0 radical (unpaired) electrons. The van der Waals surface area contributed by atoms with Crippen LogP contribution in [0.4, 0.5) is 0 Å². The maximum Gasteiger partial charge on any atom is 0.289 e. The Morgan fingerprint density at radius 1 is 1.30 bits per heavy atom. The van der Waals surface area contributed by atoms with Gasteiger partial charge in [0, 0.05) is 17.3 Å². The number of hydrazine groups is 1. The van der Waals surface area contributed by atoms with E-state index in [1.165, 1.54) is 53.2 Å². The molecule has 2 aromatic heterocycles. The molecular formula is C16H18N4O2S. The van der Waals surface area contributed by atoms with Crippen LogP contribution in [0.25, 0.3) is 0 Å². The van der Waals surface area contributed by atoms with Crippen molar-refractivity contribution >= 4 is 23.2 Å². The van der Waals surface area contributed by atoms with Gasteiger partial charge in [0.05, 0.1) is 11.1 Å². The van der Waals surface area contributed by atoms with Crippen LogP contribution in [0.1, 0.15) is 50.4 Å². The fourth-order valence-electron chi connectivity index (χ4n) is 2.71. The van der Waals surface area contributed by atoms with Crippen LogP contribution < -0.4 is 10.9 Å².